The second-order valence-electron chi connectivity index (χ2n) is 8.25. The number of hydrogen-bond donors (Lipinski definition) is 1. The van der Waals surface area contributed by atoms with Gasteiger partial charge in [-0.15, -0.1) is 0 Å². The lowest BCUT2D eigenvalue weighted by molar-refractivity contribution is -0.120. The Morgan fingerprint density at radius 2 is 1.84 bits per heavy atom. The normalized spacial score (nSPS) is 15.9. The average molecular weight is 449 g/mol. The first-order valence-corrected chi connectivity index (χ1v) is 12.2. The lowest BCUT2D eigenvalue weighted by Crippen LogP contribution is -2.41. The highest BCUT2D eigenvalue weighted by Crippen LogP contribution is 2.28. The van der Waals surface area contributed by atoms with Crippen molar-refractivity contribution in [3.05, 3.63) is 35.7 Å². The van der Waals surface area contributed by atoms with Crippen LogP contribution in [-0.2, 0) is 14.8 Å². The first-order chi connectivity index (χ1) is 14.6. The molecule has 0 bridgehead atoms. The zero-order valence-electron chi connectivity index (χ0n) is 18.9. The summed E-state index contributed by atoms with van der Waals surface area (Å²) in [6, 6.07) is 8.25. The Bertz CT molecular complexity index is 987. The van der Waals surface area contributed by atoms with Crippen molar-refractivity contribution in [2.24, 2.45) is 5.92 Å². The van der Waals surface area contributed by atoms with Crippen molar-refractivity contribution in [2.75, 3.05) is 29.9 Å². The molecule has 1 fully saturated rings. The average Bonchev–Trinajstić information content (AvgIpc) is 3.08. The molecule has 170 valence electrons. The second kappa shape index (κ2) is 9.40. The molecule has 2 heterocycles. The Morgan fingerprint density at radius 3 is 2.32 bits per heavy atom. The number of piperidine rings is 1. The molecule has 1 N–H and O–H groups in total. The zero-order valence-corrected chi connectivity index (χ0v) is 19.7. The number of nitrogens with zero attached hydrogens (tertiary/aromatic N) is 3. The van der Waals surface area contributed by atoms with Gasteiger partial charge in [-0.2, -0.15) is 4.31 Å². The molecular weight excluding hydrogens is 416 g/mol. The number of aromatic nitrogens is 1. The molecule has 1 aromatic heterocycles. The van der Waals surface area contributed by atoms with Gasteiger partial charge in [-0.1, -0.05) is 5.16 Å². The van der Waals surface area contributed by atoms with Crippen LogP contribution in [0.1, 0.15) is 45.1 Å². The molecule has 1 aliphatic rings. The first-order valence-electron chi connectivity index (χ1n) is 10.8. The highest BCUT2D eigenvalue weighted by molar-refractivity contribution is 7.89. The molecule has 0 spiro atoms. The number of anilines is 2. The number of aryl methyl sites for hydroxylation is 2. The van der Waals surface area contributed by atoms with Crippen molar-refractivity contribution < 1.29 is 17.7 Å². The van der Waals surface area contributed by atoms with Gasteiger partial charge in [-0.05, 0) is 71.7 Å². The van der Waals surface area contributed by atoms with Crippen molar-refractivity contribution in [2.45, 2.75) is 58.4 Å². The van der Waals surface area contributed by atoms with E-state index in [1.165, 1.54) is 4.31 Å². The number of carbonyl (C=O) groups excluding carboxylic acids is 1. The molecule has 1 aliphatic heterocycles. The van der Waals surface area contributed by atoms with Gasteiger partial charge in [0, 0.05) is 43.0 Å². The molecule has 8 nitrogen and oxygen atoms in total. The van der Waals surface area contributed by atoms with Crippen molar-refractivity contribution in [1.82, 2.24) is 9.46 Å². The summed E-state index contributed by atoms with van der Waals surface area (Å²) < 4.78 is 32.3. The molecule has 0 radical (unpaired) electrons. The van der Waals surface area contributed by atoms with Gasteiger partial charge in [0.05, 0.1) is 0 Å². The van der Waals surface area contributed by atoms with Gasteiger partial charge in [0.1, 0.15) is 10.6 Å². The molecule has 0 atom stereocenters. The number of hydrogen-bond acceptors (Lipinski definition) is 6. The summed E-state index contributed by atoms with van der Waals surface area (Å²) in [5.74, 6) is -0.00291. The van der Waals surface area contributed by atoms with Gasteiger partial charge >= 0.3 is 0 Å². The summed E-state index contributed by atoms with van der Waals surface area (Å²) >= 11 is 0. The van der Waals surface area contributed by atoms with E-state index in [1.807, 2.05) is 24.3 Å². The highest BCUT2D eigenvalue weighted by Gasteiger charge is 2.35. The molecule has 9 heteroatoms. The van der Waals surface area contributed by atoms with E-state index >= 15 is 0 Å². The maximum Gasteiger partial charge on any atom is 0.248 e. The molecule has 1 aromatic carbocycles. The van der Waals surface area contributed by atoms with E-state index in [4.69, 9.17) is 4.52 Å². The Balaban J connectivity index is 1.59. The van der Waals surface area contributed by atoms with Crippen LogP contribution in [0.3, 0.4) is 0 Å². The molecule has 2 aromatic rings. The van der Waals surface area contributed by atoms with Gasteiger partial charge < -0.3 is 14.7 Å². The molecule has 3 rings (SSSR count). The van der Waals surface area contributed by atoms with Gasteiger partial charge in [-0.3, -0.25) is 4.79 Å². The van der Waals surface area contributed by atoms with E-state index in [0.29, 0.717) is 43.4 Å². The van der Waals surface area contributed by atoms with Crippen LogP contribution in [-0.4, -0.2) is 49.5 Å². The van der Waals surface area contributed by atoms with Crippen LogP contribution in [0.15, 0.2) is 33.7 Å². The lowest BCUT2D eigenvalue weighted by Gasteiger charge is -2.30. The number of benzene rings is 1. The van der Waals surface area contributed by atoms with Gasteiger partial charge in [0.15, 0.2) is 5.76 Å². The third-order valence-corrected chi connectivity index (χ3v) is 7.96. The Hall–Kier alpha value is -2.39. The van der Waals surface area contributed by atoms with Crippen molar-refractivity contribution in [1.29, 1.82) is 0 Å². The van der Waals surface area contributed by atoms with Gasteiger partial charge in [-0.25, -0.2) is 8.42 Å². The summed E-state index contributed by atoms with van der Waals surface area (Å²) in [6.45, 7) is 11.1. The largest absolute Gasteiger partial charge is 0.369 e. The fourth-order valence-corrected chi connectivity index (χ4v) is 5.92. The molecule has 0 saturated carbocycles. The fraction of sp³-hybridized carbons (Fsp3) is 0.545. The monoisotopic (exact) mass is 448 g/mol. The van der Waals surface area contributed by atoms with E-state index in [0.717, 1.165) is 17.9 Å². The van der Waals surface area contributed by atoms with E-state index < -0.39 is 10.0 Å². The molecule has 0 aliphatic carbocycles. The van der Waals surface area contributed by atoms with Crippen molar-refractivity contribution in [3.8, 4) is 0 Å². The van der Waals surface area contributed by atoms with E-state index in [9.17, 15) is 13.2 Å². The van der Waals surface area contributed by atoms with Crippen LogP contribution in [0.25, 0.3) is 0 Å². The van der Waals surface area contributed by atoms with Gasteiger partial charge in [0.25, 0.3) is 0 Å². The number of sulfonamides is 1. The SMILES string of the molecule is CCN(c1ccc(NC(=O)C2CCN(S(=O)(=O)c3c(C)noc3C)CC2)cc1)C(C)C. The summed E-state index contributed by atoms with van der Waals surface area (Å²) in [4.78, 5) is 15.1. The van der Waals surface area contributed by atoms with E-state index in [-0.39, 0.29) is 16.7 Å². The summed E-state index contributed by atoms with van der Waals surface area (Å²) in [7, 11) is -3.67. The van der Waals surface area contributed by atoms with Gasteiger partial charge in [0.2, 0.25) is 15.9 Å². The Morgan fingerprint density at radius 1 is 1.23 bits per heavy atom. The fourth-order valence-electron chi connectivity index (χ4n) is 4.16. The Labute approximate surface area is 184 Å². The predicted molar refractivity (Wildman–Crippen MR) is 121 cm³/mol. The second-order valence-corrected chi connectivity index (χ2v) is 10.1. The molecular formula is C22H32N4O4S. The molecule has 31 heavy (non-hydrogen) atoms. The number of amides is 1. The summed E-state index contributed by atoms with van der Waals surface area (Å²) in [5, 5.41) is 6.73. The summed E-state index contributed by atoms with van der Waals surface area (Å²) in [5.41, 5.74) is 2.23. The quantitative estimate of drug-likeness (QED) is 0.696. The third-order valence-electron chi connectivity index (χ3n) is 5.82. The lowest BCUT2D eigenvalue weighted by atomic mass is 9.97. The number of nitrogens with one attached hydrogen (secondary N) is 1. The van der Waals surface area contributed by atoms with Crippen LogP contribution in [0, 0.1) is 19.8 Å². The van der Waals surface area contributed by atoms with Crippen LogP contribution in [0.2, 0.25) is 0 Å². The van der Waals surface area contributed by atoms with E-state index in [2.05, 4.69) is 36.1 Å². The first kappa shape index (κ1) is 23.3. The minimum atomic E-state index is -3.67. The molecule has 1 saturated heterocycles. The van der Waals surface area contributed by atoms with Crippen LogP contribution < -0.4 is 10.2 Å². The number of carbonyl (C=O) groups is 1. The third kappa shape index (κ3) is 4.93. The van der Waals surface area contributed by atoms with E-state index in [1.54, 1.807) is 13.8 Å². The van der Waals surface area contributed by atoms with Crippen molar-refractivity contribution >= 4 is 27.3 Å². The summed E-state index contributed by atoms with van der Waals surface area (Å²) in [6.07, 6.45) is 0.951. The maximum atomic E-state index is 12.9. The Kier molecular flexibility index (Phi) is 7.06. The zero-order chi connectivity index (χ0) is 22.8. The van der Waals surface area contributed by atoms with Crippen LogP contribution >= 0.6 is 0 Å². The topological polar surface area (TPSA) is 95.8 Å². The van der Waals surface area contributed by atoms with Crippen LogP contribution in [0.5, 0.6) is 0 Å². The molecule has 1 amide bonds. The van der Waals surface area contributed by atoms with Crippen LogP contribution in [0.4, 0.5) is 11.4 Å². The highest BCUT2D eigenvalue weighted by atomic mass is 32.2. The minimum absolute atomic E-state index is 0.0710. The molecule has 0 unspecified atom stereocenters. The standard InChI is InChI=1S/C22H32N4O4S/c1-6-26(15(2)3)20-9-7-19(8-10-20)23-22(27)18-11-13-25(14-12-18)31(28,29)21-16(4)24-30-17(21)5/h7-10,15,18H,6,11-14H2,1-5H3,(H,23,27). The minimum Gasteiger partial charge on any atom is -0.369 e. The number of rotatable bonds is 7. The smallest absolute Gasteiger partial charge is 0.248 e. The van der Waals surface area contributed by atoms with Crippen molar-refractivity contribution in [3.63, 3.8) is 0 Å². The maximum absolute atomic E-state index is 12.9. The predicted octanol–water partition coefficient (Wildman–Crippen LogP) is 3.57.